The lowest BCUT2D eigenvalue weighted by Crippen LogP contribution is -2.29. The fraction of sp³-hybridized carbons (Fsp3) is 0.318. The van der Waals surface area contributed by atoms with E-state index < -0.39 is 0 Å². The Morgan fingerprint density at radius 2 is 1.86 bits per heavy atom. The number of carbonyl (C=O) groups is 1. The Kier molecular flexibility index (Phi) is 6.59. The van der Waals surface area contributed by atoms with Gasteiger partial charge < -0.3 is 9.64 Å². The molecule has 0 N–H and O–H groups in total. The zero-order valence-corrected chi connectivity index (χ0v) is 17.9. The number of hydrogen-bond acceptors (Lipinski definition) is 5. The third kappa shape index (κ3) is 4.62. The number of amides is 1. The van der Waals surface area contributed by atoms with E-state index in [0.29, 0.717) is 22.6 Å². The molecule has 29 heavy (non-hydrogen) atoms. The Balaban J connectivity index is 1.78. The highest BCUT2D eigenvalue weighted by Crippen LogP contribution is 2.22. The molecule has 0 bridgehead atoms. The molecule has 2 aromatic carbocycles. The number of benzene rings is 2. The number of nitrogens with zero attached hydrogens (tertiary/aromatic N) is 3. The Morgan fingerprint density at radius 1 is 1.17 bits per heavy atom. The zero-order chi connectivity index (χ0) is 21.0. The molecule has 6 nitrogen and oxygen atoms in total. The maximum Gasteiger partial charge on any atom is 0.262 e. The van der Waals surface area contributed by atoms with Gasteiger partial charge in [0.25, 0.3) is 5.56 Å². The molecule has 0 atom stereocenters. The van der Waals surface area contributed by atoms with Crippen molar-refractivity contribution in [3.63, 3.8) is 0 Å². The van der Waals surface area contributed by atoms with Crippen LogP contribution in [0, 0.1) is 0 Å². The predicted molar refractivity (Wildman–Crippen MR) is 117 cm³/mol. The van der Waals surface area contributed by atoms with E-state index in [9.17, 15) is 9.59 Å². The minimum Gasteiger partial charge on any atom is -0.496 e. The molecule has 152 valence electrons. The van der Waals surface area contributed by atoms with Crippen molar-refractivity contribution in [3.8, 4) is 5.75 Å². The fourth-order valence-electron chi connectivity index (χ4n) is 3.10. The van der Waals surface area contributed by atoms with Crippen molar-refractivity contribution in [2.45, 2.75) is 31.6 Å². The standard InChI is InChI=1S/C22H25N3O3S/c1-15(2)25-21(27)17-10-6-7-11-18(17)23-22(25)29-14-20(26)24(3)13-16-9-5-8-12-19(16)28-4/h5-12,15H,13-14H2,1-4H3. The average Bonchev–Trinajstić information content (AvgIpc) is 2.72. The van der Waals surface area contributed by atoms with Gasteiger partial charge >= 0.3 is 0 Å². The monoisotopic (exact) mass is 411 g/mol. The van der Waals surface area contributed by atoms with Crippen molar-refractivity contribution in [2.75, 3.05) is 19.9 Å². The maximum atomic E-state index is 12.9. The quantitative estimate of drug-likeness (QED) is 0.438. The Hall–Kier alpha value is -2.80. The molecule has 0 aliphatic rings. The van der Waals surface area contributed by atoms with E-state index in [2.05, 4.69) is 4.98 Å². The second-order valence-electron chi connectivity index (χ2n) is 7.03. The third-order valence-electron chi connectivity index (χ3n) is 4.64. The molecule has 0 unspecified atom stereocenters. The highest BCUT2D eigenvalue weighted by atomic mass is 32.2. The van der Waals surface area contributed by atoms with E-state index in [1.807, 2.05) is 56.3 Å². The predicted octanol–water partition coefficient (Wildman–Crippen LogP) is 3.74. The molecule has 1 heterocycles. The van der Waals surface area contributed by atoms with Crippen molar-refractivity contribution in [1.29, 1.82) is 0 Å². The summed E-state index contributed by atoms with van der Waals surface area (Å²) in [7, 11) is 3.38. The molecule has 3 aromatic rings. The van der Waals surface area contributed by atoms with Gasteiger partial charge in [0.2, 0.25) is 5.91 Å². The molecule has 7 heteroatoms. The highest BCUT2D eigenvalue weighted by Gasteiger charge is 2.17. The summed E-state index contributed by atoms with van der Waals surface area (Å²) < 4.78 is 7.01. The van der Waals surface area contributed by atoms with Gasteiger partial charge in [0.05, 0.1) is 23.8 Å². The summed E-state index contributed by atoms with van der Waals surface area (Å²) in [4.78, 5) is 31.9. The molecule has 0 fully saturated rings. The van der Waals surface area contributed by atoms with Crippen LogP contribution in [-0.2, 0) is 11.3 Å². The second-order valence-corrected chi connectivity index (χ2v) is 7.97. The largest absolute Gasteiger partial charge is 0.496 e. The number of rotatable bonds is 7. The van der Waals surface area contributed by atoms with Crippen LogP contribution in [0.1, 0.15) is 25.5 Å². The van der Waals surface area contributed by atoms with Crippen molar-refractivity contribution in [3.05, 3.63) is 64.4 Å². The number of methoxy groups -OCH3 is 1. The first-order chi connectivity index (χ1) is 13.9. The van der Waals surface area contributed by atoms with Gasteiger partial charge in [-0.3, -0.25) is 14.2 Å². The van der Waals surface area contributed by atoms with Crippen molar-refractivity contribution in [1.82, 2.24) is 14.5 Å². The number of aromatic nitrogens is 2. The lowest BCUT2D eigenvalue weighted by Gasteiger charge is -2.20. The molecule has 0 aliphatic heterocycles. The highest BCUT2D eigenvalue weighted by molar-refractivity contribution is 7.99. The van der Waals surface area contributed by atoms with E-state index in [4.69, 9.17) is 4.74 Å². The summed E-state index contributed by atoms with van der Waals surface area (Å²) in [6.45, 7) is 4.33. The molecular formula is C22H25N3O3S. The number of para-hydroxylation sites is 2. The lowest BCUT2D eigenvalue weighted by molar-refractivity contribution is -0.127. The van der Waals surface area contributed by atoms with Crippen LogP contribution in [0.3, 0.4) is 0 Å². The molecule has 0 saturated carbocycles. The van der Waals surface area contributed by atoms with E-state index in [-0.39, 0.29) is 23.3 Å². The molecule has 0 spiro atoms. The van der Waals surface area contributed by atoms with Crippen LogP contribution in [0.25, 0.3) is 10.9 Å². The van der Waals surface area contributed by atoms with E-state index in [1.54, 1.807) is 29.7 Å². The Bertz CT molecular complexity index is 1080. The van der Waals surface area contributed by atoms with Crippen LogP contribution in [0.2, 0.25) is 0 Å². The van der Waals surface area contributed by atoms with Crippen LogP contribution < -0.4 is 10.3 Å². The Morgan fingerprint density at radius 3 is 2.59 bits per heavy atom. The summed E-state index contributed by atoms with van der Waals surface area (Å²) in [5.74, 6) is 0.909. The van der Waals surface area contributed by atoms with Gasteiger partial charge in [0.15, 0.2) is 5.16 Å². The van der Waals surface area contributed by atoms with E-state index in [0.717, 1.165) is 11.3 Å². The van der Waals surface area contributed by atoms with Gasteiger partial charge in [-0.05, 0) is 32.0 Å². The van der Waals surface area contributed by atoms with Crippen molar-refractivity contribution >= 4 is 28.6 Å². The van der Waals surface area contributed by atoms with Gasteiger partial charge in [-0.25, -0.2) is 4.98 Å². The molecule has 0 aliphatic carbocycles. The fourth-order valence-corrected chi connectivity index (χ4v) is 4.17. The van der Waals surface area contributed by atoms with Crippen LogP contribution in [-0.4, -0.2) is 40.3 Å². The first-order valence-corrected chi connectivity index (χ1v) is 10.4. The van der Waals surface area contributed by atoms with Crippen LogP contribution in [0.15, 0.2) is 58.5 Å². The summed E-state index contributed by atoms with van der Waals surface area (Å²) in [6.07, 6.45) is 0. The molecule has 1 aromatic heterocycles. The topological polar surface area (TPSA) is 64.4 Å². The van der Waals surface area contributed by atoms with Crippen LogP contribution >= 0.6 is 11.8 Å². The van der Waals surface area contributed by atoms with Gasteiger partial charge in [-0.15, -0.1) is 0 Å². The maximum absolute atomic E-state index is 12.9. The molecular weight excluding hydrogens is 386 g/mol. The number of carbonyl (C=O) groups excluding carboxylic acids is 1. The minimum absolute atomic E-state index is 0.0429. The van der Waals surface area contributed by atoms with Gasteiger partial charge in [0, 0.05) is 25.2 Å². The molecule has 0 radical (unpaired) electrons. The third-order valence-corrected chi connectivity index (χ3v) is 5.58. The first kappa shape index (κ1) is 20.9. The summed E-state index contributed by atoms with van der Waals surface area (Å²) in [5, 5.41) is 1.15. The van der Waals surface area contributed by atoms with Gasteiger partial charge in [-0.2, -0.15) is 0 Å². The smallest absolute Gasteiger partial charge is 0.262 e. The molecule has 1 amide bonds. The second kappa shape index (κ2) is 9.13. The number of thioether (sulfide) groups is 1. The SMILES string of the molecule is COc1ccccc1CN(C)C(=O)CSc1nc2ccccc2c(=O)n1C(C)C. The van der Waals surface area contributed by atoms with Crippen molar-refractivity contribution < 1.29 is 9.53 Å². The normalized spacial score (nSPS) is 11.1. The zero-order valence-electron chi connectivity index (χ0n) is 17.1. The van der Waals surface area contributed by atoms with E-state index >= 15 is 0 Å². The molecule has 3 rings (SSSR count). The minimum atomic E-state index is -0.0806. The average molecular weight is 412 g/mol. The summed E-state index contributed by atoms with van der Waals surface area (Å²) in [5.41, 5.74) is 1.51. The van der Waals surface area contributed by atoms with Gasteiger partial charge in [0.1, 0.15) is 5.75 Å². The van der Waals surface area contributed by atoms with Crippen LogP contribution in [0.4, 0.5) is 0 Å². The summed E-state index contributed by atoms with van der Waals surface area (Å²) in [6, 6.07) is 14.9. The van der Waals surface area contributed by atoms with E-state index in [1.165, 1.54) is 11.8 Å². The Labute approximate surface area is 174 Å². The lowest BCUT2D eigenvalue weighted by atomic mass is 10.2. The van der Waals surface area contributed by atoms with Crippen LogP contribution in [0.5, 0.6) is 5.75 Å². The first-order valence-electron chi connectivity index (χ1n) is 9.42. The summed E-state index contributed by atoms with van der Waals surface area (Å²) >= 11 is 1.29. The molecule has 0 saturated heterocycles. The number of hydrogen-bond donors (Lipinski definition) is 0. The number of fused-ring (bicyclic) bond motifs is 1. The van der Waals surface area contributed by atoms with Gasteiger partial charge in [-0.1, -0.05) is 42.1 Å². The van der Waals surface area contributed by atoms with Crippen molar-refractivity contribution in [2.24, 2.45) is 0 Å². The number of ether oxygens (including phenoxy) is 1.